The van der Waals surface area contributed by atoms with Crippen LogP contribution in [0.1, 0.15) is 28.6 Å². The topological polar surface area (TPSA) is 51.5 Å². The summed E-state index contributed by atoms with van der Waals surface area (Å²) in [5.74, 6) is -0.365. The van der Waals surface area contributed by atoms with E-state index in [1.807, 2.05) is 60.7 Å². The van der Waals surface area contributed by atoms with Crippen molar-refractivity contribution >= 4 is 45.0 Å². The number of thiazole rings is 1. The molecule has 2 aromatic carbocycles. The summed E-state index contributed by atoms with van der Waals surface area (Å²) >= 11 is 4.89. The van der Waals surface area contributed by atoms with E-state index < -0.39 is 6.04 Å². The van der Waals surface area contributed by atoms with Crippen molar-refractivity contribution in [3.8, 4) is 0 Å². The van der Waals surface area contributed by atoms with Crippen LogP contribution >= 0.6 is 27.3 Å². The smallest absolute Gasteiger partial charge is 0.331 e. The van der Waals surface area contributed by atoms with Gasteiger partial charge in [0.25, 0.3) is 0 Å². The summed E-state index contributed by atoms with van der Waals surface area (Å²) in [6.07, 6.45) is 2.09. The van der Waals surface area contributed by atoms with Crippen molar-refractivity contribution in [1.82, 2.24) is 4.98 Å². The summed E-state index contributed by atoms with van der Waals surface area (Å²) < 4.78 is 6.07. The summed E-state index contributed by atoms with van der Waals surface area (Å²) in [4.78, 5) is 23.1. The lowest BCUT2D eigenvalue weighted by atomic mass is 10.0. The Kier molecular flexibility index (Phi) is 7.49. The molecule has 0 aliphatic carbocycles. The highest BCUT2D eigenvalue weighted by Crippen LogP contribution is 2.26. The van der Waals surface area contributed by atoms with E-state index in [2.05, 4.69) is 27.5 Å². The minimum Gasteiger partial charge on any atom is -0.464 e. The number of ether oxygens (including phenoxy) is 1. The largest absolute Gasteiger partial charge is 0.464 e. The van der Waals surface area contributed by atoms with Crippen LogP contribution in [0.2, 0.25) is 0 Å². The summed E-state index contributed by atoms with van der Waals surface area (Å²) in [5, 5.41) is 0. The molecule has 0 unspecified atom stereocenters. The Morgan fingerprint density at radius 3 is 2.28 bits per heavy atom. The van der Waals surface area contributed by atoms with Gasteiger partial charge < -0.3 is 4.74 Å². The van der Waals surface area contributed by atoms with Gasteiger partial charge in [-0.05, 0) is 22.9 Å². The Morgan fingerprint density at radius 2 is 1.76 bits per heavy atom. The number of hydrogen-bond donors (Lipinski definition) is 0. The molecular weight excluding hydrogens is 448 g/mol. The standard InChI is InChI=1S/C23H21BrN2O2S/c1-3-20-18(26-23(24)29-20)15-19(22(27)28-4-2)25-21(16-11-7-5-8-12-16)17-13-9-6-10-14-17/h3,5-14,19H,1,4,15H2,2H3/t19-/m0/s1. The van der Waals surface area contributed by atoms with Gasteiger partial charge in [0.15, 0.2) is 9.96 Å². The third kappa shape index (κ3) is 5.49. The zero-order valence-corrected chi connectivity index (χ0v) is 18.4. The quantitative estimate of drug-likeness (QED) is 0.321. The van der Waals surface area contributed by atoms with Gasteiger partial charge in [-0.1, -0.05) is 73.3 Å². The van der Waals surface area contributed by atoms with E-state index in [4.69, 9.17) is 9.73 Å². The molecule has 3 aromatic rings. The molecule has 0 bridgehead atoms. The Hall–Kier alpha value is -2.57. The molecule has 0 aliphatic rings. The lowest BCUT2D eigenvalue weighted by Gasteiger charge is -2.15. The predicted molar refractivity (Wildman–Crippen MR) is 123 cm³/mol. The molecule has 148 valence electrons. The first-order valence-electron chi connectivity index (χ1n) is 9.25. The van der Waals surface area contributed by atoms with Crippen LogP contribution in [0.5, 0.6) is 0 Å². The van der Waals surface area contributed by atoms with E-state index >= 15 is 0 Å². The molecule has 0 aliphatic heterocycles. The van der Waals surface area contributed by atoms with Crippen LogP contribution in [0.25, 0.3) is 6.08 Å². The van der Waals surface area contributed by atoms with Crippen LogP contribution in [0.3, 0.4) is 0 Å². The number of aliphatic imine (C=N–C) groups is 1. The van der Waals surface area contributed by atoms with E-state index in [1.54, 1.807) is 13.0 Å². The van der Waals surface area contributed by atoms with Crippen LogP contribution in [0.15, 0.2) is 76.2 Å². The number of esters is 1. The fourth-order valence-electron chi connectivity index (χ4n) is 2.91. The highest BCUT2D eigenvalue weighted by molar-refractivity contribution is 9.11. The summed E-state index contributed by atoms with van der Waals surface area (Å²) in [6, 6.07) is 19.0. The Labute approximate surface area is 183 Å². The SMILES string of the molecule is C=Cc1sc(Br)nc1C[C@H](N=C(c1ccccc1)c1ccccc1)C(=O)OCC. The molecule has 0 fully saturated rings. The molecule has 1 aromatic heterocycles. The van der Waals surface area contributed by atoms with Crippen LogP contribution in [-0.2, 0) is 16.0 Å². The van der Waals surface area contributed by atoms with E-state index in [-0.39, 0.29) is 5.97 Å². The first kappa shape index (κ1) is 21.1. The molecule has 1 heterocycles. The summed E-state index contributed by atoms with van der Waals surface area (Å²) in [6.45, 7) is 5.94. The number of halogens is 1. The lowest BCUT2D eigenvalue weighted by molar-refractivity contribution is -0.144. The minimum atomic E-state index is -0.710. The van der Waals surface area contributed by atoms with Crippen molar-refractivity contribution < 1.29 is 9.53 Å². The maximum absolute atomic E-state index is 12.8. The second-order valence-corrected chi connectivity index (χ2v) is 8.47. The minimum absolute atomic E-state index is 0.298. The summed E-state index contributed by atoms with van der Waals surface area (Å²) in [5.41, 5.74) is 3.41. The fourth-order valence-corrected chi connectivity index (χ4v) is 4.31. The van der Waals surface area contributed by atoms with Crippen molar-refractivity contribution in [1.29, 1.82) is 0 Å². The van der Waals surface area contributed by atoms with Crippen molar-refractivity contribution in [3.05, 3.63) is 92.9 Å². The van der Waals surface area contributed by atoms with Crippen molar-refractivity contribution in [2.75, 3.05) is 6.61 Å². The van der Waals surface area contributed by atoms with E-state index in [0.717, 1.165) is 31.3 Å². The van der Waals surface area contributed by atoms with Gasteiger partial charge in [0.05, 0.1) is 22.9 Å². The van der Waals surface area contributed by atoms with E-state index in [1.165, 1.54) is 11.3 Å². The molecule has 0 saturated heterocycles. The maximum atomic E-state index is 12.8. The average molecular weight is 469 g/mol. The fraction of sp³-hybridized carbons (Fsp3) is 0.174. The molecule has 0 saturated carbocycles. The van der Waals surface area contributed by atoms with Crippen molar-refractivity contribution in [2.45, 2.75) is 19.4 Å². The molecule has 3 rings (SSSR count). The molecule has 6 heteroatoms. The van der Waals surface area contributed by atoms with Gasteiger partial charge in [-0.2, -0.15) is 0 Å². The Balaban J connectivity index is 2.07. The molecule has 0 radical (unpaired) electrons. The van der Waals surface area contributed by atoms with Gasteiger partial charge in [-0.25, -0.2) is 9.78 Å². The van der Waals surface area contributed by atoms with Gasteiger partial charge in [-0.3, -0.25) is 4.99 Å². The van der Waals surface area contributed by atoms with Gasteiger partial charge >= 0.3 is 5.97 Å². The van der Waals surface area contributed by atoms with Gasteiger partial charge in [0.1, 0.15) is 0 Å². The van der Waals surface area contributed by atoms with Crippen LogP contribution < -0.4 is 0 Å². The number of carbonyl (C=O) groups is 1. The average Bonchev–Trinajstić information content (AvgIpc) is 3.11. The summed E-state index contributed by atoms with van der Waals surface area (Å²) in [7, 11) is 0. The first-order valence-corrected chi connectivity index (χ1v) is 10.9. The normalized spacial score (nSPS) is 11.5. The Bertz CT molecular complexity index is 959. The third-order valence-electron chi connectivity index (χ3n) is 4.21. The molecule has 0 spiro atoms. The predicted octanol–water partition coefficient (Wildman–Crippen LogP) is 5.56. The second kappa shape index (κ2) is 10.3. The number of rotatable bonds is 8. The van der Waals surface area contributed by atoms with Gasteiger partial charge in [-0.15, -0.1) is 11.3 Å². The van der Waals surface area contributed by atoms with E-state index in [0.29, 0.717) is 13.0 Å². The first-order chi connectivity index (χ1) is 14.1. The molecule has 0 N–H and O–H groups in total. The maximum Gasteiger partial charge on any atom is 0.331 e. The number of hydrogen-bond acceptors (Lipinski definition) is 5. The van der Waals surface area contributed by atoms with Gasteiger partial charge in [0.2, 0.25) is 0 Å². The number of carbonyl (C=O) groups excluding carboxylic acids is 1. The zero-order chi connectivity index (χ0) is 20.6. The van der Waals surface area contributed by atoms with Crippen LogP contribution in [0.4, 0.5) is 0 Å². The molecule has 0 amide bonds. The Morgan fingerprint density at radius 1 is 1.17 bits per heavy atom. The highest BCUT2D eigenvalue weighted by atomic mass is 79.9. The van der Waals surface area contributed by atoms with Crippen molar-refractivity contribution in [3.63, 3.8) is 0 Å². The highest BCUT2D eigenvalue weighted by Gasteiger charge is 2.24. The van der Waals surface area contributed by atoms with Crippen LogP contribution in [-0.4, -0.2) is 29.3 Å². The molecule has 4 nitrogen and oxygen atoms in total. The molecular formula is C23H21BrN2O2S. The van der Waals surface area contributed by atoms with Gasteiger partial charge in [0, 0.05) is 17.5 Å². The van der Waals surface area contributed by atoms with Crippen LogP contribution in [0, 0.1) is 0 Å². The third-order valence-corrected chi connectivity index (χ3v) is 5.76. The molecule has 29 heavy (non-hydrogen) atoms. The second-order valence-electron chi connectivity index (χ2n) is 6.16. The number of aromatic nitrogens is 1. The monoisotopic (exact) mass is 468 g/mol. The number of benzene rings is 2. The molecule has 1 atom stereocenters. The lowest BCUT2D eigenvalue weighted by Crippen LogP contribution is -2.26. The number of nitrogens with zero attached hydrogens (tertiary/aromatic N) is 2. The van der Waals surface area contributed by atoms with Crippen molar-refractivity contribution in [2.24, 2.45) is 4.99 Å². The van der Waals surface area contributed by atoms with E-state index in [9.17, 15) is 4.79 Å². The zero-order valence-electron chi connectivity index (χ0n) is 16.0.